The van der Waals surface area contributed by atoms with Crippen LogP contribution in [0.2, 0.25) is 0 Å². The minimum atomic E-state index is -3.94. The Bertz CT molecular complexity index is 832. The molecule has 2 rings (SSSR count). The fourth-order valence-electron chi connectivity index (χ4n) is 2.39. The topological polar surface area (TPSA) is 118 Å². The molecule has 1 heterocycles. The number of sulfonamides is 1. The molecule has 1 aromatic heterocycles. The lowest BCUT2D eigenvalue weighted by Crippen LogP contribution is -2.52. The zero-order valence-corrected chi connectivity index (χ0v) is 16.7. The second-order valence-corrected chi connectivity index (χ2v) is 8.14. The number of ether oxygens (including phenoxy) is 1. The first-order chi connectivity index (χ1) is 13.3. The van der Waals surface area contributed by atoms with Gasteiger partial charge in [0.05, 0.1) is 17.3 Å². The van der Waals surface area contributed by atoms with E-state index in [4.69, 9.17) is 9.15 Å². The SMILES string of the molecule is Cc1ccc(S(=O)(=O)N[C@@H](C(=O)NCCCOCc2ccco2)[C@@H](C)O)cc1. The molecule has 28 heavy (non-hydrogen) atoms. The molecule has 3 N–H and O–H groups in total. The standard InChI is InChI=1S/C19H26N2O6S/c1-14-6-8-17(9-7-14)28(24,25)21-18(15(2)22)19(23)20-10-4-11-26-13-16-5-3-12-27-16/h3,5-9,12,15,18,21-22H,4,10-11,13H2,1-2H3,(H,20,23)/t15-,18-/m1/s1. The van der Waals surface area contributed by atoms with Gasteiger partial charge in [0.25, 0.3) is 0 Å². The molecule has 8 nitrogen and oxygen atoms in total. The van der Waals surface area contributed by atoms with Crippen molar-refractivity contribution in [3.63, 3.8) is 0 Å². The molecule has 1 amide bonds. The molecule has 9 heteroatoms. The van der Waals surface area contributed by atoms with Gasteiger partial charge in [0.2, 0.25) is 15.9 Å². The van der Waals surface area contributed by atoms with Crippen LogP contribution in [-0.2, 0) is 26.2 Å². The van der Waals surface area contributed by atoms with Crippen LogP contribution in [0, 0.1) is 6.92 Å². The first-order valence-electron chi connectivity index (χ1n) is 8.94. The van der Waals surface area contributed by atoms with Crippen molar-refractivity contribution in [2.24, 2.45) is 0 Å². The number of rotatable bonds is 11. The van der Waals surface area contributed by atoms with Gasteiger partial charge in [-0.3, -0.25) is 4.79 Å². The van der Waals surface area contributed by atoms with Crippen LogP contribution in [0.25, 0.3) is 0 Å². The summed E-state index contributed by atoms with van der Waals surface area (Å²) < 4.78 is 37.7. The van der Waals surface area contributed by atoms with Gasteiger partial charge >= 0.3 is 0 Å². The Labute approximate surface area is 164 Å². The van der Waals surface area contributed by atoms with Crippen LogP contribution in [0.1, 0.15) is 24.7 Å². The van der Waals surface area contributed by atoms with Crippen molar-refractivity contribution in [1.82, 2.24) is 10.0 Å². The molecular weight excluding hydrogens is 384 g/mol. The van der Waals surface area contributed by atoms with E-state index in [1.165, 1.54) is 19.1 Å². The Morgan fingerprint density at radius 1 is 1.25 bits per heavy atom. The summed E-state index contributed by atoms with van der Waals surface area (Å²) in [5, 5.41) is 12.5. The zero-order chi connectivity index (χ0) is 20.6. The number of hydrogen-bond donors (Lipinski definition) is 3. The van der Waals surface area contributed by atoms with Crippen molar-refractivity contribution in [2.75, 3.05) is 13.2 Å². The molecule has 0 radical (unpaired) electrons. The van der Waals surface area contributed by atoms with E-state index < -0.39 is 28.1 Å². The highest BCUT2D eigenvalue weighted by molar-refractivity contribution is 7.89. The van der Waals surface area contributed by atoms with Crippen molar-refractivity contribution >= 4 is 15.9 Å². The van der Waals surface area contributed by atoms with Crippen molar-refractivity contribution < 1.29 is 27.5 Å². The predicted molar refractivity (Wildman–Crippen MR) is 103 cm³/mol. The highest BCUT2D eigenvalue weighted by atomic mass is 32.2. The second-order valence-electron chi connectivity index (χ2n) is 6.43. The number of benzene rings is 1. The number of carbonyl (C=O) groups excluding carboxylic acids is 1. The molecule has 0 aliphatic heterocycles. The number of amides is 1. The molecule has 154 valence electrons. The van der Waals surface area contributed by atoms with Crippen LogP contribution in [0.15, 0.2) is 52.0 Å². The Hall–Kier alpha value is -2.20. The highest BCUT2D eigenvalue weighted by Gasteiger charge is 2.29. The van der Waals surface area contributed by atoms with E-state index in [0.29, 0.717) is 25.4 Å². The van der Waals surface area contributed by atoms with Crippen LogP contribution in [0.3, 0.4) is 0 Å². The van der Waals surface area contributed by atoms with Gasteiger partial charge < -0.3 is 19.6 Å². The van der Waals surface area contributed by atoms with Gasteiger partial charge in [0.1, 0.15) is 18.4 Å². The monoisotopic (exact) mass is 410 g/mol. The van der Waals surface area contributed by atoms with Gasteiger partial charge in [-0.25, -0.2) is 8.42 Å². The molecule has 2 atom stereocenters. The minimum absolute atomic E-state index is 0.0304. The van der Waals surface area contributed by atoms with Crippen LogP contribution in [-0.4, -0.2) is 44.7 Å². The van der Waals surface area contributed by atoms with Crippen LogP contribution >= 0.6 is 0 Å². The third-order valence-electron chi connectivity index (χ3n) is 3.97. The lowest BCUT2D eigenvalue weighted by molar-refractivity contribution is -0.125. The van der Waals surface area contributed by atoms with E-state index in [1.807, 2.05) is 6.92 Å². The summed E-state index contributed by atoms with van der Waals surface area (Å²) in [6.45, 7) is 4.22. The molecule has 0 aliphatic rings. The van der Waals surface area contributed by atoms with Gasteiger partial charge in [-0.1, -0.05) is 17.7 Å². The van der Waals surface area contributed by atoms with Gasteiger partial charge in [0.15, 0.2) is 0 Å². The van der Waals surface area contributed by atoms with E-state index >= 15 is 0 Å². The smallest absolute Gasteiger partial charge is 0.241 e. The summed E-state index contributed by atoms with van der Waals surface area (Å²) in [5.74, 6) is 0.112. The molecular formula is C19H26N2O6S. The number of aryl methyl sites for hydroxylation is 1. The third kappa shape index (κ3) is 6.75. The molecule has 1 aromatic carbocycles. The molecule has 0 unspecified atom stereocenters. The summed E-state index contributed by atoms with van der Waals surface area (Å²) in [4.78, 5) is 12.3. The lowest BCUT2D eigenvalue weighted by Gasteiger charge is -2.21. The van der Waals surface area contributed by atoms with Crippen molar-refractivity contribution in [1.29, 1.82) is 0 Å². The van der Waals surface area contributed by atoms with Crippen molar-refractivity contribution in [3.05, 3.63) is 54.0 Å². The number of carbonyl (C=O) groups is 1. The van der Waals surface area contributed by atoms with Gasteiger partial charge in [-0.05, 0) is 44.5 Å². The van der Waals surface area contributed by atoms with E-state index in [0.717, 1.165) is 5.56 Å². The average Bonchev–Trinajstić information content (AvgIpc) is 3.16. The second kappa shape index (κ2) is 10.4. The molecule has 0 fully saturated rings. The first-order valence-corrected chi connectivity index (χ1v) is 10.4. The largest absolute Gasteiger partial charge is 0.467 e. The summed E-state index contributed by atoms with van der Waals surface area (Å²) >= 11 is 0. The van der Waals surface area contributed by atoms with Gasteiger partial charge in [-0.15, -0.1) is 0 Å². The van der Waals surface area contributed by atoms with Crippen LogP contribution < -0.4 is 10.0 Å². The molecule has 0 bridgehead atoms. The number of nitrogens with one attached hydrogen (secondary N) is 2. The van der Waals surface area contributed by atoms with Gasteiger partial charge in [-0.2, -0.15) is 4.72 Å². The van der Waals surface area contributed by atoms with Crippen molar-refractivity contribution in [2.45, 2.75) is 43.9 Å². The Morgan fingerprint density at radius 2 is 1.96 bits per heavy atom. The fraction of sp³-hybridized carbons (Fsp3) is 0.421. The Morgan fingerprint density at radius 3 is 2.57 bits per heavy atom. The van der Waals surface area contributed by atoms with E-state index in [2.05, 4.69) is 10.0 Å². The van der Waals surface area contributed by atoms with E-state index in [1.54, 1.807) is 30.5 Å². The summed E-state index contributed by atoms with van der Waals surface area (Å²) in [5.41, 5.74) is 0.915. The molecule has 2 aromatic rings. The van der Waals surface area contributed by atoms with E-state index in [9.17, 15) is 18.3 Å². The quantitative estimate of drug-likeness (QED) is 0.481. The number of furan rings is 1. The minimum Gasteiger partial charge on any atom is -0.467 e. The van der Waals surface area contributed by atoms with Crippen LogP contribution in [0.5, 0.6) is 0 Å². The maximum Gasteiger partial charge on any atom is 0.241 e. The average molecular weight is 410 g/mol. The summed E-state index contributed by atoms with van der Waals surface area (Å²) in [6, 6.07) is 8.50. The summed E-state index contributed by atoms with van der Waals surface area (Å²) in [7, 11) is -3.94. The van der Waals surface area contributed by atoms with E-state index in [-0.39, 0.29) is 11.4 Å². The maximum atomic E-state index is 12.5. The highest BCUT2D eigenvalue weighted by Crippen LogP contribution is 2.11. The van der Waals surface area contributed by atoms with Crippen LogP contribution in [0.4, 0.5) is 0 Å². The first kappa shape index (κ1) is 22.1. The Balaban J connectivity index is 1.81. The molecule has 0 spiro atoms. The van der Waals surface area contributed by atoms with Crippen molar-refractivity contribution in [3.8, 4) is 0 Å². The zero-order valence-electron chi connectivity index (χ0n) is 15.9. The number of aliphatic hydroxyl groups excluding tert-OH is 1. The lowest BCUT2D eigenvalue weighted by atomic mass is 10.2. The molecule has 0 aliphatic carbocycles. The van der Waals surface area contributed by atoms with Gasteiger partial charge in [0, 0.05) is 13.2 Å². The molecule has 0 saturated heterocycles. The maximum absolute atomic E-state index is 12.5. The summed E-state index contributed by atoms with van der Waals surface area (Å²) in [6.07, 6.45) is 0.895. The Kier molecular flexibility index (Phi) is 8.18. The number of aliphatic hydroxyl groups is 1. The normalized spacial score (nSPS) is 13.8. The number of hydrogen-bond acceptors (Lipinski definition) is 6. The third-order valence-corrected chi connectivity index (χ3v) is 5.42. The molecule has 0 saturated carbocycles. The predicted octanol–water partition coefficient (Wildman–Crippen LogP) is 1.34. The fourth-order valence-corrected chi connectivity index (χ4v) is 3.66.